The Morgan fingerprint density at radius 3 is 2.91 bits per heavy atom. The third kappa shape index (κ3) is 2.20. The van der Waals surface area contributed by atoms with E-state index in [0.29, 0.717) is 11.7 Å². The Labute approximate surface area is 69.5 Å². The highest BCUT2D eigenvalue weighted by Gasteiger charge is 2.08. The van der Waals surface area contributed by atoms with Gasteiger partial charge in [0.1, 0.15) is 0 Å². The van der Waals surface area contributed by atoms with Gasteiger partial charge in [0.05, 0.1) is 11.8 Å². The Kier molecular flexibility index (Phi) is 2.90. The summed E-state index contributed by atoms with van der Waals surface area (Å²) in [6.45, 7) is 1.82. The second kappa shape index (κ2) is 3.73. The maximum absolute atomic E-state index is 5.52. The van der Waals surface area contributed by atoms with Crippen LogP contribution in [0.1, 0.15) is 24.7 Å². The van der Waals surface area contributed by atoms with E-state index >= 15 is 0 Å². The zero-order valence-electron chi connectivity index (χ0n) is 6.57. The first-order valence-electron chi connectivity index (χ1n) is 3.31. The molecule has 11 heavy (non-hydrogen) atoms. The molecule has 0 radical (unpaired) electrons. The summed E-state index contributed by atoms with van der Waals surface area (Å²) in [6.07, 6.45) is 1.99. The lowest BCUT2D eigenvalue weighted by Crippen LogP contribution is -2.05. The highest BCUT2D eigenvalue weighted by atomic mass is 32.2. The van der Waals surface area contributed by atoms with Crippen molar-refractivity contribution >= 4 is 11.8 Å². The van der Waals surface area contributed by atoms with E-state index in [9.17, 15) is 0 Å². The average molecular weight is 173 g/mol. The van der Waals surface area contributed by atoms with Gasteiger partial charge in [-0.3, -0.25) is 0 Å². The van der Waals surface area contributed by atoms with Crippen LogP contribution in [0.2, 0.25) is 0 Å². The maximum Gasteiger partial charge on any atom is 0.243 e. The average Bonchev–Trinajstić information content (AvgIpc) is 2.37. The molecular formula is C6H11N3OS. The predicted molar refractivity (Wildman–Crippen MR) is 44.1 cm³/mol. The van der Waals surface area contributed by atoms with Crippen LogP contribution in [0.5, 0.6) is 0 Å². The molecule has 1 rings (SSSR count). The number of nitrogens with zero attached hydrogens (tertiary/aromatic N) is 2. The van der Waals surface area contributed by atoms with Gasteiger partial charge >= 0.3 is 0 Å². The van der Waals surface area contributed by atoms with E-state index in [2.05, 4.69) is 10.1 Å². The zero-order valence-corrected chi connectivity index (χ0v) is 7.39. The maximum atomic E-state index is 5.52. The molecule has 0 amide bonds. The number of nitrogens with two attached hydrogens (primary N) is 1. The van der Waals surface area contributed by atoms with Crippen molar-refractivity contribution in [3.63, 3.8) is 0 Å². The zero-order chi connectivity index (χ0) is 8.27. The first kappa shape index (κ1) is 8.55. The monoisotopic (exact) mass is 173 g/mol. The topological polar surface area (TPSA) is 64.9 Å². The van der Waals surface area contributed by atoms with E-state index in [1.807, 2.05) is 13.2 Å². The van der Waals surface area contributed by atoms with Crippen LogP contribution in [0.4, 0.5) is 0 Å². The number of aromatic nitrogens is 2. The van der Waals surface area contributed by atoms with E-state index in [1.54, 1.807) is 11.8 Å². The molecule has 0 saturated carbocycles. The molecule has 0 spiro atoms. The van der Waals surface area contributed by atoms with E-state index < -0.39 is 0 Å². The van der Waals surface area contributed by atoms with Gasteiger partial charge in [-0.2, -0.15) is 16.7 Å². The molecular weight excluding hydrogens is 162 g/mol. The molecule has 62 valence electrons. The number of hydrogen-bond acceptors (Lipinski definition) is 5. The van der Waals surface area contributed by atoms with Crippen molar-refractivity contribution in [1.82, 2.24) is 10.1 Å². The second-order valence-corrected chi connectivity index (χ2v) is 3.14. The molecule has 0 aliphatic carbocycles. The summed E-state index contributed by atoms with van der Waals surface area (Å²) in [6, 6.07) is -0.168. The molecule has 1 aromatic heterocycles. The van der Waals surface area contributed by atoms with Crippen molar-refractivity contribution < 1.29 is 4.52 Å². The molecule has 1 atom stereocenters. The van der Waals surface area contributed by atoms with E-state index in [0.717, 1.165) is 5.75 Å². The van der Waals surface area contributed by atoms with E-state index in [4.69, 9.17) is 10.3 Å². The summed E-state index contributed by atoms with van der Waals surface area (Å²) in [5.41, 5.74) is 5.52. The molecule has 4 nitrogen and oxygen atoms in total. The molecule has 0 aliphatic rings. The third-order valence-electron chi connectivity index (χ3n) is 1.15. The molecule has 1 aromatic rings. The Morgan fingerprint density at radius 1 is 1.73 bits per heavy atom. The second-order valence-electron chi connectivity index (χ2n) is 2.27. The van der Waals surface area contributed by atoms with Gasteiger partial charge in [-0.25, -0.2) is 0 Å². The van der Waals surface area contributed by atoms with Gasteiger partial charge in [0, 0.05) is 0 Å². The van der Waals surface area contributed by atoms with E-state index in [-0.39, 0.29) is 6.04 Å². The molecule has 0 saturated heterocycles. The Bertz CT molecular complexity index is 223. The fourth-order valence-corrected chi connectivity index (χ4v) is 1.02. The van der Waals surface area contributed by atoms with Crippen LogP contribution in [-0.2, 0) is 5.75 Å². The lowest BCUT2D eigenvalue weighted by atomic mass is 10.4. The number of rotatable bonds is 3. The lowest BCUT2D eigenvalue weighted by molar-refractivity contribution is 0.358. The van der Waals surface area contributed by atoms with Gasteiger partial charge in [-0.05, 0) is 13.2 Å². The van der Waals surface area contributed by atoms with Crippen LogP contribution in [0.15, 0.2) is 4.52 Å². The fraction of sp³-hybridized carbons (Fsp3) is 0.667. The summed E-state index contributed by atoms with van der Waals surface area (Å²) in [5, 5.41) is 3.74. The van der Waals surface area contributed by atoms with Gasteiger partial charge in [0.2, 0.25) is 5.89 Å². The predicted octanol–water partition coefficient (Wildman–Crippen LogP) is 0.952. The van der Waals surface area contributed by atoms with Crippen molar-refractivity contribution in [3.8, 4) is 0 Å². The highest BCUT2D eigenvalue weighted by molar-refractivity contribution is 7.97. The van der Waals surface area contributed by atoms with Crippen LogP contribution < -0.4 is 5.73 Å². The minimum Gasteiger partial charge on any atom is -0.338 e. The van der Waals surface area contributed by atoms with Crippen LogP contribution in [0.25, 0.3) is 0 Å². The first-order chi connectivity index (χ1) is 5.24. The van der Waals surface area contributed by atoms with E-state index in [1.165, 1.54) is 0 Å². The summed E-state index contributed by atoms with van der Waals surface area (Å²) >= 11 is 1.65. The first-order valence-corrected chi connectivity index (χ1v) is 4.70. The molecule has 0 fully saturated rings. The molecule has 0 aliphatic heterocycles. The van der Waals surface area contributed by atoms with Crippen molar-refractivity contribution in [3.05, 3.63) is 11.7 Å². The van der Waals surface area contributed by atoms with Crippen LogP contribution >= 0.6 is 11.8 Å². The summed E-state index contributed by atoms with van der Waals surface area (Å²) < 4.78 is 4.88. The molecule has 1 unspecified atom stereocenters. The number of hydrogen-bond donors (Lipinski definition) is 1. The smallest absolute Gasteiger partial charge is 0.243 e. The standard InChI is InChI=1S/C6H11N3OS/c1-4(7)6-8-5(3-11-2)9-10-6/h4H,3,7H2,1-2H3. The summed E-state index contributed by atoms with van der Waals surface area (Å²) in [7, 11) is 0. The van der Waals surface area contributed by atoms with Crippen LogP contribution in [0.3, 0.4) is 0 Å². The normalized spacial score (nSPS) is 13.4. The van der Waals surface area contributed by atoms with Crippen molar-refractivity contribution in [2.45, 2.75) is 18.7 Å². The van der Waals surface area contributed by atoms with Gasteiger partial charge in [-0.15, -0.1) is 0 Å². The van der Waals surface area contributed by atoms with Gasteiger partial charge in [0.25, 0.3) is 0 Å². The van der Waals surface area contributed by atoms with Crippen LogP contribution in [0, 0.1) is 0 Å². The summed E-state index contributed by atoms with van der Waals surface area (Å²) in [5.74, 6) is 2.00. The summed E-state index contributed by atoms with van der Waals surface area (Å²) in [4.78, 5) is 4.08. The van der Waals surface area contributed by atoms with Crippen molar-refractivity contribution in [2.24, 2.45) is 5.73 Å². The fourth-order valence-electron chi connectivity index (χ4n) is 0.640. The Hall–Kier alpha value is -0.550. The van der Waals surface area contributed by atoms with Crippen molar-refractivity contribution in [1.29, 1.82) is 0 Å². The van der Waals surface area contributed by atoms with Crippen LogP contribution in [-0.4, -0.2) is 16.4 Å². The molecule has 1 heterocycles. The van der Waals surface area contributed by atoms with Gasteiger partial charge in [0.15, 0.2) is 5.82 Å². The van der Waals surface area contributed by atoms with Gasteiger partial charge in [-0.1, -0.05) is 5.16 Å². The molecule has 0 bridgehead atoms. The van der Waals surface area contributed by atoms with Gasteiger partial charge < -0.3 is 10.3 Å². The third-order valence-corrected chi connectivity index (χ3v) is 1.69. The molecule has 0 aromatic carbocycles. The number of thioether (sulfide) groups is 1. The van der Waals surface area contributed by atoms with Crippen molar-refractivity contribution in [2.75, 3.05) is 6.26 Å². The SMILES string of the molecule is CSCc1noc(C(C)N)n1. The lowest BCUT2D eigenvalue weighted by Gasteiger charge is -1.92. The Balaban J connectivity index is 2.66. The quantitative estimate of drug-likeness (QED) is 0.737. The largest absolute Gasteiger partial charge is 0.338 e. The highest BCUT2D eigenvalue weighted by Crippen LogP contribution is 2.09. The minimum absolute atomic E-state index is 0.168. The molecule has 2 N–H and O–H groups in total. The minimum atomic E-state index is -0.168. The molecule has 5 heteroatoms. The Morgan fingerprint density at radius 2 is 2.45 bits per heavy atom.